The number of hydrogen-bond donors (Lipinski definition) is 1. The molecule has 0 unspecified atom stereocenters. The van der Waals surface area contributed by atoms with Gasteiger partial charge in [-0.2, -0.15) is 13.2 Å². The Bertz CT molecular complexity index is 1970. The van der Waals surface area contributed by atoms with Crippen molar-refractivity contribution in [2.24, 2.45) is 4.99 Å². The lowest BCUT2D eigenvalue weighted by atomic mass is 9.95. The van der Waals surface area contributed by atoms with Crippen LogP contribution in [0.25, 0.3) is 11.3 Å². The first-order valence-electron chi connectivity index (χ1n) is 14.6. The van der Waals surface area contributed by atoms with E-state index in [2.05, 4.69) is 20.3 Å². The quantitative estimate of drug-likeness (QED) is 0.0725. The van der Waals surface area contributed by atoms with Gasteiger partial charge in [-0.15, -0.1) is 11.3 Å². The summed E-state index contributed by atoms with van der Waals surface area (Å²) in [6, 6.07) is 22.8. The van der Waals surface area contributed by atoms with Crippen LogP contribution in [0.3, 0.4) is 0 Å². The number of nitro benzene ring substituents is 1. The second-order valence-corrected chi connectivity index (χ2v) is 12.8. The second-order valence-electron chi connectivity index (χ2n) is 10.7. The molecule has 2 aromatic heterocycles. The molecular formula is C34H26F3N5O3S2. The zero-order valence-electron chi connectivity index (χ0n) is 24.7. The number of carbonyl (C=O) groups excluding carboxylic acids is 1. The van der Waals surface area contributed by atoms with Crippen LogP contribution in [-0.4, -0.2) is 27.0 Å². The number of rotatable bonds is 9. The van der Waals surface area contributed by atoms with Gasteiger partial charge in [0.25, 0.3) is 11.6 Å². The Hall–Kier alpha value is -4.88. The Morgan fingerprint density at radius 1 is 1.00 bits per heavy atom. The summed E-state index contributed by atoms with van der Waals surface area (Å²) in [7, 11) is 0. The van der Waals surface area contributed by atoms with E-state index >= 15 is 0 Å². The minimum Gasteiger partial charge on any atom is -0.348 e. The molecule has 1 N–H and O–H groups in total. The lowest BCUT2D eigenvalue weighted by Gasteiger charge is -2.13. The summed E-state index contributed by atoms with van der Waals surface area (Å²) < 4.78 is 41.6. The van der Waals surface area contributed by atoms with E-state index in [-0.39, 0.29) is 28.0 Å². The number of nitrogens with zero attached hydrogens (tertiary/aromatic N) is 4. The van der Waals surface area contributed by atoms with Gasteiger partial charge >= 0.3 is 6.18 Å². The minimum atomic E-state index is -4.72. The standard InChI is InChI=1S/C34H26F3N5O3S2/c35-34(36,37)29-18-26(22-11-5-2-6-12-22)40-33(41-29)47-27-16-15-24(42(44)45)17-23(27)20-39-32-30(25-13-7-8-14-28(25)46-32)31(43)38-19-21-9-3-1-4-10-21/h1-6,9-12,15-18,20H,7-8,13-14,19H2,(H,38,43). The predicted molar refractivity (Wildman–Crippen MR) is 176 cm³/mol. The van der Waals surface area contributed by atoms with Crippen LogP contribution in [0.4, 0.5) is 23.9 Å². The van der Waals surface area contributed by atoms with Gasteiger partial charge in [-0.1, -0.05) is 60.7 Å². The van der Waals surface area contributed by atoms with Gasteiger partial charge in [-0.05, 0) is 60.7 Å². The van der Waals surface area contributed by atoms with Crippen LogP contribution in [0.15, 0.2) is 100.0 Å². The Morgan fingerprint density at radius 3 is 2.45 bits per heavy atom. The second kappa shape index (κ2) is 13.9. The molecule has 0 radical (unpaired) electrons. The number of nitro groups is 1. The summed E-state index contributed by atoms with van der Waals surface area (Å²) in [4.78, 5) is 38.9. The Balaban J connectivity index is 1.36. The number of carbonyl (C=O) groups is 1. The number of halogens is 3. The number of benzene rings is 3. The van der Waals surface area contributed by atoms with Crippen LogP contribution in [0.1, 0.15) is 50.5 Å². The molecule has 238 valence electrons. The number of nitrogens with one attached hydrogen (secondary N) is 1. The van der Waals surface area contributed by atoms with Gasteiger partial charge in [-0.25, -0.2) is 15.0 Å². The molecule has 0 aliphatic heterocycles. The van der Waals surface area contributed by atoms with Gasteiger partial charge in [0.2, 0.25) is 0 Å². The fourth-order valence-corrected chi connectivity index (χ4v) is 7.27. The van der Waals surface area contributed by atoms with Crippen LogP contribution in [0, 0.1) is 10.1 Å². The first-order chi connectivity index (χ1) is 22.7. The molecule has 5 aromatic rings. The van der Waals surface area contributed by atoms with Crippen molar-refractivity contribution in [1.82, 2.24) is 15.3 Å². The van der Waals surface area contributed by atoms with Crippen LogP contribution in [0.5, 0.6) is 0 Å². The molecule has 0 spiro atoms. The zero-order chi connectivity index (χ0) is 33.0. The maximum absolute atomic E-state index is 13.9. The summed E-state index contributed by atoms with van der Waals surface area (Å²) in [5.74, 6) is -0.264. The number of amides is 1. The summed E-state index contributed by atoms with van der Waals surface area (Å²) in [6.45, 7) is 0.334. The normalized spacial score (nSPS) is 13.0. The molecule has 0 atom stereocenters. The third-order valence-corrected chi connectivity index (χ3v) is 9.62. The largest absolute Gasteiger partial charge is 0.433 e. The number of aliphatic imine (C=N–C) groups is 1. The highest BCUT2D eigenvalue weighted by atomic mass is 32.2. The van der Waals surface area contributed by atoms with Gasteiger partial charge in [0.15, 0.2) is 5.16 Å². The highest BCUT2D eigenvalue weighted by molar-refractivity contribution is 7.99. The van der Waals surface area contributed by atoms with Gasteiger partial charge in [0.1, 0.15) is 10.7 Å². The summed E-state index contributed by atoms with van der Waals surface area (Å²) in [5.41, 5.74) is 1.88. The van der Waals surface area contributed by atoms with E-state index in [4.69, 9.17) is 0 Å². The van der Waals surface area contributed by atoms with Crippen molar-refractivity contribution in [3.05, 3.63) is 128 Å². The Labute approximate surface area is 276 Å². The van der Waals surface area contributed by atoms with Crippen molar-refractivity contribution in [2.75, 3.05) is 0 Å². The van der Waals surface area contributed by atoms with Crippen LogP contribution < -0.4 is 5.32 Å². The van der Waals surface area contributed by atoms with Crippen LogP contribution >= 0.6 is 23.1 Å². The monoisotopic (exact) mass is 673 g/mol. The minimum absolute atomic E-state index is 0.0860. The molecule has 8 nitrogen and oxygen atoms in total. The summed E-state index contributed by atoms with van der Waals surface area (Å²) in [6.07, 6.45) is 0.186. The predicted octanol–water partition coefficient (Wildman–Crippen LogP) is 8.84. The zero-order valence-corrected chi connectivity index (χ0v) is 26.3. The maximum atomic E-state index is 13.9. The maximum Gasteiger partial charge on any atom is 0.433 e. The highest BCUT2D eigenvalue weighted by Gasteiger charge is 2.34. The highest BCUT2D eigenvalue weighted by Crippen LogP contribution is 2.41. The molecule has 3 aromatic carbocycles. The van der Waals surface area contributed by atoms with E-state index in [1.54, 1.807) is 30.3 Å². The lowest BCUT2D eigenvalue weighted by Crippen LogP contribution is -2.24. The van der Waals surface area contributed by atoms with E-state index in [1.165, 1.54) is 35.8 Å². The van der Waals surface area contributed by atoms with E-state index in [1.807, 2.05) is 30.3 Å². The number of thiophene rings is 1. The molecule has 47 heavy (non-hydrogen) atoms. The lowest BCUT2D eigenvalue weighted by molar-refractivity contribution is -0.384. The smallest absolute Gasteiger partial charge is 0.348 e. The summed E-state index contributed by atoms with van der Waals surface area (Å²) in [5, 5.41) is 14.9. The number of alkyl halides is 3. The van der Waals surface area contributed by atoms with Gasteiger partial charge in [-0.3, -0.25) is 14.9 Å². The third-order valence-electron chi connectivity index (χ3n) is 7.47. The Kier molecular flexibility index (Phi) is 9.45. The van der Waals surface area contributed by atoms with Gasteiger partial charge in [0.05, 0.1) is 16.2 Å². The summed E-state index contributed by atoms with van der Waals surface area (Å²) >= 11 is 2.25. The topological polar surface area (TPSA) is 110 Å². The van der Waals surface area contributed by atoms with E-state index in [9.17, 15) is 28.1 Å². The van der Waals surface area contributed by atoms with Gasteiger partial charge < -0.3 is 5.32 Å². The van der Waals surface area contributed by atoms with Crippen molar-refractivity contribution < 1.29 is 22.9 Å². The molecule has 6 rings (SSSR count). The number of aromatic nitrogens is 2. The first-order valence-corrected chi connectivity index (χ1v) is 16.3. The third kappa shape index (κ3) is 7.58. The molecular weight excluding hydrogens is 648 g/mol. The molecule has 1 aliphatic rings. The van der Waals surface area contributed by atoms with E-state index in [0.717, 1.165) is 59.5 Å². The SMILES string of the molecule is O=C(NCc1ccccc1)c1c(N=Cc2cc([N+](=O)[O-])ccc2Sc2nc(-c3ccccc3)cc(C(F)(F)F)n2)sc2c1CCCC2. The molecule has 1 amide bonds. The first kappa shape index (κ1) is 32.1. The fourth-order valence-electron chi connectivity index (χ4n) is 5.19. The van der Waals surface area contributed by atoms with Crippen LogP contribution in [0.2, 0.25) is 0 Å². The van der Waals surface area contributed by atoms with E-state index in [0.29, 0.717) is 27.6 Å². The molecule has 2 heterocycles. The Morgan fingerprint density at radius 2 is 1.72 bits per heavy atom. The number of non-ortho nitro benzene ring substituents is 1. The molecule has 0 saturated heterocycles. The van der Waals surface area contributed by atoms with Crippen molar-refractivity contribution in [3.63, 3.8) is 0 Å². The van der Waals surface area contributed by atoms with Gasteiger partial charge in [0, 0.05) is 45.8 Å². The van der Waals surface area contributed by atoms with Crippen molar-refractivity contribution in [3.8, 4) is 11.3 Å². The van der Waals surface area contributed by atoms with E-state index < -0.39 is 16.8 Å². The molecule has 1 aliphatic carbocycles. The molecule has 0 saturated carbocycles. The average Bonchev–Trinajstić information content (AvgIpc) is 3.45. The van der Waals surface area contributed by atoms with Crippen molar-refractivity contribution in [2.45, 2.75) is 48.5 Å². The molecule has 13 heteroatoms. The number of aryl methyl sites for hydroxylation is 1. The number of hydrogen-bond acceptors (Lipinski definition) is 8. The number of fused-ring (bicyclic) bond motifs is 1. The van der Waals surface area contributed by atoms with Crippen molar-refractivity contribution >= 4 is 45.9 Å². The molecule has 0 fully saturated rings. The van der Waals surface area contributed by atoms with Crippen LogP contribution in [-0.2, 0) is 25.6 Å². The molecule has 0 bridgehead atoms. The van der Waals surface area contributed by atoms with Crippen molar-refractivity contribution in [1.29, 1.82) is 0 Å². The average molecular weight is 674 g/mol. The fraction of sp³-hybridized carbons (Fsp3) is 0.176.